The second kappa shape index (κ2) is 8.78. The van der Waals surface area contributed by atoms with Gasteiger partial charge in [0, 0.05) is 22.8 Å². The highest BCUT2D eigenvalue weighted by molar-refractivity contribution is 9.10. The van der Waals surface area contributed by atoms with E-state index >= 15 is 0 Å². The molecule has 2 nitrogen and oxygen atoms in total. The lowest BCUT2D eigenvalue weighted by atomic mass is 10.1. The van der Waals surface area contributed by atoms with Crippen molar-refractivity contribution in [3.8, 4) is 0 Å². The normalized spacial score (nSPS) is 11.3. The van der Waals surface area contributed by atoms with Crippen LogP contribution in [0.1, 0.15) is 24.8 Å². The molecule has 0 amide bonds. The minimum absolute atomic E-state index is 0.801. The molecule has 2 aromatic rings. The van der Waals surface area contributed by atoms with Crippen LogP contribution in [0.3, 0.4) is 0 Å². The van der Waals surface area contributed by atoms with Crippen molar-refractivity contribution < 1.29 is 4.74 Å². The number of benzene rings is 1. The van der Waals surface area contributed by atoms with Crippen LogP contribution in [0.2, 0.25) is 0 Å². The van der Waals surface area contributed by atoms with Crippen LogP contribution in [0.5, 0.6) is 0 Å². The van der Waals surface area contributed by atoms with Gasteiger partial charge in [0.15, 0.2) is 0 Å². The second-order valence-electron chi connectivity index (χ2n) is 4.93. The van der Waals surface area contributed by atoms with E-state index in [-0.39, 0.29) is 0 Å². The standard InChI is InChI=1S/C16H22BrNOS/c1-19-11-10-18-9-4-2-3-6-13-12-20-16-14(13)7-5-8-15(16)17/h5,7-8,12,18H,2-4,6,9-11H2,1H3. The van der Waals surface area contributed by atoms with Crippen LogP contribution in [0, 0.1) is 0 Å². The zero-order valence-corrected chi connectivity index (χ0v) is 14.4. The number of unbranched alkanes of at least 4 members (excludes halogenated alkanes) is 2. The molecule has 0 aliphatic heterocycles. The Balaban J connectivity index is 1.70. The van der Waals surface area contributed by atoms with E-state index in [1.165, 1.54) is 45.8 Å². The van der Waals surface area contributed by atoms with Crippen LogP contribution < -0.4 is 5.32 Å². The van der Waals surface area contributed by atoms with Crippen LogP contribution in [0.15, 0.2) is 28.1 Å². The zero-order valence-electron chi connectivity index (χ0n) is 12.0. The van der Waals surface area contributed by atoms with E-state index in [9.17, 15) is 0 Å². The van der Waals surface area contributed by atoms with Crippen molar-refractivity contribution in [3.05, 3.63) is 33.6 Å². The highest BCUT2D eigenvalue weighted by Crippen LogP contribution is 2.32. The van der Waals surface area contributed by atoms with Gasteiger partial charge in [0.25, 0.3) is 0 Å². The lowest BCUT2D eigenvalue weighted by Crippen LogP contribution is -2.20. The van der Waals surface area contributed by atoms with E-state index in [0.29, 0.717) is 0 Å². The maximum absolute atomic E-state index is 5.00. The summed E-state index contributed by atoms with van der Waals surface area (Å²) < 4.78 is 7.60. The monoisotopic (exact) mass is 355 g/mol. The third-order valence-electron chi connectivity index (χ3n) is 3.41. The molecule has 1 heterocycles. The zero-order chi connectivity index (χ0) is 14.2. The van der Waals surface area contributed by atoms with E-state index < -0.39 is 0 Å². The molecule has 0 atom stereocenters. The summed E-state index contributed by atoms with van der Waals surface area (Å²) in [6, 6.07) is 6.48. The van der Waals surface area contributed by atoms with Crippen molar-refractivity contribution in [2.24, 2.45) is 0 Å². The van der Waals surface area contributed by atoms with Gasteiger partial charge in [0.2, 0.25) is 0 Å². The number of rotatable bonds is 9. The first kappa shape index (κ1) is 16.0. The average molecular weight is 356 g/mol. The topological polar surface area (TPSA) is 21.3 Å². The molecule has 0 fully saturated rings. The Labute approximate surface area is 133 Å². The lowest BCUT2D eigenvalue weighted by molar-refractivity contribution is 0.199. The predicted octanol–water partition coefficient (Wildman–Crippen LogP) is 4.61. The van der Waals surface area contributed by atoms with E-state index in [1.54, 1.807) is 7.11 Å². The molecule has 4 heteroatoms. The number of aryl methyl sites for hydroxylation is 1. The van der Waals surface area contributed by atoms with E-state index in [0.717, 1.165) is 19.7 Å². The van der Waals surface area contributed by atoms with Crippen molar-refractivity contribution >= 4 is 37.4 Å². The Morgan fingerprint density at radius 2 is 2.10 bits per heavy atom. The molecule has 0 bridgehead atoms. The van der Waals surface area contributed by atoms with Crippen molar-refractivity contribution in [2.45, 2.75) is 25.7 Å². The minimum Gasteiger partial charge on any atom is -0.383 e. The molecule has 0 unspecified atom stereocenters. The summed E-state index contributed by atoms with van der Waals surface area (Å²) in [5, 5.41) is 7.12. The summed E-state index contributed by atoms with van der Waals surface area (Å²) in [6.07, 6.45) is 4.99. The molecule has 2 rings (SSSR count). The molecule has 0 aliphatic rings. The summed E-state index contributed by atoms with van der Waals surface area (Å²) in [6.45, 7) is 2.86. The number of fused-ring (bicyclic) bond motifs is 1. The number of hydrogen-bond acceptors (Lipinski definition) is 3. The van der Waals surface area contributed by atoms with Gasteiger partial charge in [-0.3, -0.25) is 0 Å². The summed E-state index contributed by atoms with van der Waals surface area (Å²) in [5.74, 6) is 0. The predicted molar refractivity (Wildman–Crippen MR) is 91.8 cm³/mol. The molecule has 1 aromatic carbocycles. The molecule has 0 spiro atoms. The largest absolute Gasteiger partial charge is 0.383 e. The molecule has 20 heavy (non-hydrogen) atoms. The molecule has 0 saturated heterocycles. The number of methoxy groups -OCH3 is 1. The van der Waals surface area contributed by atoms with Gasteiger partial charge in [-0.2, -0.15) is 0 Å². The van der Waals surface area contributed by atoms with Crippen molar-refractivity contribution in [1.82, 2.24) is 5.32 Å². The number of thiophene rings is 1. The maximum Gasteiger partial charge on any atom is 0.0587 e. The van der Waals surface area contributed by atoms with Crippen LogP contribution >= 0.6 is 27.3 Å². The Bertz CT molecular complexity index is 526. The first-order chi connectivity index (χ1) is 9.83. The first-order valence-electron chi connectivity index (χ1n) is 7.17. The molecule has 1 aromatic heterocycles. The number of ether oxygens (including phenoxy) is 1. The second-order valence-corrected chi connectivity index (χ2v) is 6.66. The summed E-state index contributed by atoms with van der Waals surface area (Å²) in [7, 11) is 1.74. The van der Waals surface area contributed by atoms with Gasteiger partial charge in [0.05, 0.1) is 6.61 Å². The fourth-order valence-electron chi connectivity index (χ4n) is 2.31. The number of hydrogen-bond donors (Lipinski definition) is 1. The van der Waals surface area contributed by atoms with Crippen LogP contribution in [0.4, 0.5) is 0 Å². The third kappa shape index (κ3) is 4.55. The summed E-state index contributed by atoms with van der Waals surface area (Å²) in [5.41, 5.74) is 1.50. The maximum atomic E-state index is 5.00. The minimum atomic E-state index is 0.801. The van der Waals surface area contributed by atoms with Crippen LogP contribution in [0.25, 0.3) is 10.1 Å². The number of halogens is 1. The van der Waals surface area contributed by atoms with Gasteiger partial charge in [-0.1, -0.05) is 18.6 Å². The quantitative estimate of drug-likeness (QED) is 0.663. The van der Waals surface area contributed by atoms with Crippen LogP contribution in [-0.2, 0) is 11.2 Å². The smallest absolute Gasteiger partial charge is 0.0587 e. The molecule has 0 saturated carbocycles. The average Bonchev–Trinajstić information content (AvgIpc) is 2.87. The molecular weight excluding hydrogens is 334 g/mol. The Morgan fingerprint density at radius 1 is 1.20 bits per heavy atom. The fraction of sp³-hybridized carbons (Fsp3) is 0.500. The Hall–Kier alpha value is -0.420. The molecular formula is C16H22BrNOS. The Kier molecular flexibility index (Phi) is 7.00. The molecule has 110 valence electrons. The van der Waals surface area contributed by atoms with Gasteiger partial charge in [-0.05, 0) is 64.1 Å². The summed E-state index contributed by atoms with van der Waals surface area (Å²) in [4.78, 5) is 0. The fourth-order valence-corrected chi connectivity index (χ4v) is 3.97. The third-order valence-corrected chi connectivity index (χ3v) is 5.42. The highest BCUT2D eigenvalue weighted by atomic mass is 79.9. The molecule has 0 radical (unpaired) electrons. The van der Waals surface area contributed by atoms with E-state index in [1.807, 2.05) is 11.3 Å². The van der Waals surface area contributed by atoms with Crippen molar-refractivity contribution in [1.29, 1.82) is 0 Å². The highest BCUT2D eigenvalue weighted by Gasteiger charge is 2.05. The van der Waals surface area contributed by atoms with Gasteiger partial charge in [0.1, 0.15) is 0 Å². The lowest BCUT2D eigenvalue weighted by Gasteiger charge is -2.04. The van der Waals surface area contributed by atoms with Gasteiger partial charge in [-0.25, -0.2) is 0 Å². The SMILES string of the molecule is COCCNCCCCCc1csc2c(Br)cccc12. The van der Waals surface area contributed by atoms with E-state index in [2.05, 4.69) is 44.8 Å². The van der Waals surface area contributed by atoms with Gasteiger partial charge < -0.3 is 10.1 Å². The summed E-state index contributed by atoms with van der Waals surface area (Å²) >= 11 is 5.47. The number of nitrogens with one attached hydrogen (secondary N) is 1. The molecule has 1 N–H and O–H groups in total. The van der Waals surface area contributed by atoms with Crippen molar-refractivity contribution in [3.63, 3.8) is 0 Å². The van der Waals surface area contributed by atoms with Crippen LogP contribution in [-0.4, -0.2) is 26.8 Å². The van der Waals surface area contributed by atoms with Crippen molar-refractivity contribution in [2.75, 3.05) is 26.8 Å². The Morgan fingerprint density at radius 3 is 2.95 bits per heavy atom. The van der Waals surface area contributed by atoms with Gasteiger partial charge in [-0.15, -0.1) is 11.3 Å². The first-order valence-corrected chi connectivity index (χ1v) is 8.84. The van der Waals surface area contributed by atoms with Gasteiger partial charge >= 0.3 is 0 Å². The molecule has 0 aliphatic carbocycles. The van der Waals surface area contributed by atoms with E-state index in [4.69, 9.17) is 4.74 Å².